The van der Waals surface area contributed by atoms with E-state index in [1.165, 1.54) is 25.7 Å². The molecule has 0 rings (SSSR count). The molecule has 24 heavy (non-hydrogen) atoms. The van der Waals surface area contributed by atoms with Crippen molar-refractivity contribution >= 4 is 15.0 Å². The largest absolute Gasteiger partial charge is 0.335 e. The van der Waals surface area contributed by atoms with Crippen LogP contribution in [0.5, 0.6) is 0 Å². The van der Waals surface area contributed by atoms with E-state index < -0.39 is 20.9 Å². The van der Waals surface area contributed by atoms with Gasteiger partial charge in [0.15, 0.2) is 0 Å². The Labute approximate surface area is 147 Å². The summed E-state index contributed by atoms with van der Waals surface area (Å²) in [6, 6.07) is 0.346. The molecule has 0 aliphatic rings. The van der Waals surface area contributed by atoms with Crippen LogP contribution in [-0.4, -0.2) is 34.5 Å². The molecule has 0 aliphatic heterocycles. The summed E-state index contributed by atoms with van der Waals surface area (Å²) in [5.74, 6) is -0.631. The molecule has 2 unspecified atom stereocenters. The summed E-state index contributed by atoms with van der Waals surface area (Å²) in [6.07, 6.45) is 11.1. The Balaban J connectivity index is 3.69. The van der Waals surface area contributed by atoms with Crippen LogP contribution in [-0.2, 0) is 13.7 Å². The van der Waals surface area contributed by atoms with Gasteiger partial charge in [0.2, 0.25) is 7.37 Å². The van der Waals surface area contributed by atoms with Crippen LogP contribution in [0.1, 0.15) is 78.1 Å². The van der Waals surface area contributed by atoms with E-state index in [0.717, 1.165) is 32.1 Å². The Morgan fingerprint density at radius 2 is 1.42 bits per heavy atom. The van der Waals surface area contributed by atoms with Gasteiger partial charge < -0.3 is 20.0 Å². The predicted octanol–water partition coefficient (Wildman–Crippen LogP) is 4.68. The monoisotopic (exact) mass is 385 g/mol. The third kappa shape index (κ3) is 14.6. The zero-order chi connectivity index (χ0) is 18.5. The average Bonchev–Trinajstić information content (AvgIpc) is 2.47. The lowest BCUT2D eigenvalue weighted by Gasteiger charge is -2.18. The molecule has 0 fully saturated rings. The van der Waals surface area contributed by atoms with Crippen molar-refractivity contribution in [2.45, 2.75) is 84.1 Å². The van der Waals surface area contributed by atoms with Crippen LogP contribution in [0.3, 0.4) is 0 Å². The molecule has 0 aromatic heterocycles. The smallest absolute Gasteiger partial charge is 0.328 e. The normalized spacial score (nSPS) is 16.0. The molecule has 0 saturated heterocycles. The van der Waals surface area contributed by atoms with Gasteiger partial charge in [-0.25, -0.2) is 0 Å². The van der Waals surface area contributed by atoms with Crippen LogP contribution >= 0.6 is 15.0 Å². The molecule has 0 aromatic rings. The highest BCUT2D eigenvalue weighted by atomic mass is 31.2. The van der Waals surface area contributed by atoms with Gasteiger partial charge >= 0.3 is 7.60 Å². The molecule has 146 valence electrons. The number of unbranched alkanes of at least 4 members (excludes halogenated alkanes) is 7. The zero-order valence-electron chi connectivity index (χ0n) is 15.4. The van der Waals surface area contributed by atoms with E-state index in [2.05, 4.69) is 6.92 Å². The van der Waals surface area contributed by atoms with Gasteiger partial charge in [0.05, 0.1) is 6.61 Å². The standard InChI is InChI=1S/C16H37NO5P2/c1-3-16(17)13-11-9-7-5-6-8-10-12-14-23(18,22-4-2)15-24(19,20)21/h16H,3-15,17H2,1-2H3,(H2,19,20,21). The second-order valence-corrected chi connectivity index (χ2v) is 11.3. The maximum absolute atomic E-state index is 12.4. The molecule has 4 N–H and O–H groups in total. The van der Waals surface area contributed by atoms with Gasteiger partial charge in [0.1, 0.15) is 5.90 Å². The third-order valence-electron chi connectivity index (χ3n) is 4.11. The lowest BCUT2D eigenvalue weighted by Crippen LogP contribution is -2.17. The second-order valence-electron chi connectivity index (χ2n) is 6.55. The molecular formula is C16H37NO5P2. The SMILES string of the molecule is CCOP(=O)(CCCCCCCCCCC(N)CC)CP(=O)(O)O. The minimum absolute atomic E-state index is 0.221. The molecule has 0 amide bonds. The van der Waals surface area contributed by atoms with Gasteiger partial charge in [0, 0.05) is 12.2 Å². The van der Waals surface area contributed by atoms with Crippen molar-refractivity contribution in [3.05, 3.63) is 0 Å². The van der Waals surface area contributed by atoms with Crippen LogP contribution in [0.15, 0.2) is 0 Å². The summed E-state index contributed by atoms with van der Waals surface area (Å²) in [4.78, 5) is 18.0. The van der Waals surface area contributed by atoms with E-state index >= 15 is 0 Å². The highest BCUT2D eigenvalue weighted by Gasteiger charge is 2.31. The molecule has 0 aromatic carbocycles. The minimum Gasteiger partial charge on any atom is -0.328 e. The molecule has 8 heteroatoms. The number of hydrogen-bond acceptors (Lipinski definition) is 4. The summed E-state index contributed by atoms with van der Waals surface area (Å²) in [5.41, 5.74) is 5.88. The number of hydrogen-bond donors (Lipinski definition) is 3. The fourth-order valence-electron chi connectivity index (χ4n) is 2.72. The van der Waals surface area contributed by atoms with E-state index in [9.17, 15) is 9.13 Å². The van der Waals surface area contributed by atoms with Crippen LogP contribution in [0.2, 0.25) is 0 Å². The van der Waals surface area contributed by atoms with Crippen molar-refractivity contribution in [1.29, 1.82) is 0 Å². The predicted molar refractivity (Wildman–Crippen MR) is 101 cm³/mol. The van der Waals surface area contributed by atoms with Crippen molar-refractivity contribution in [2.24, 2.45) is 5.73 Å². The molecule has 0 bridgehead atoms. The highest BCUT2D eigenvalue weighted by Crippen LogP contribution is 2.58. The molecule has 0 spiro atoms. The molecule has 2 atom stereocenters. The van der Waals surface area contributed by atoms with Gasteiger partial charge in [-0.3, -0.25) is 9.13 Å². The van der Waals surface area contributed by atoms with E-state index in [1.54, 1.807) is 6.92 Å². The van der Waals surface area contributed by atoms with E-state index in [4.69, 9.17) is 20.0 Å². The molecule has 0 aliphatic carbocycles. The van der Waals surface area contributed by atoms with E-state index in [1.807, 2.05) is 0 Å². The first-order valence-electron chi connectivity index (χ1n) is 9.25. The molecule has 0 radical (unpaired) electrons. The zero-order valence-corrected chi connectivity index (χ0v) is 17.1. The Morgan fingerprint density at radius 1 is 0.917 bits per heavy atom. The minimum atomic E-state index is -4.30. The summed E-state index contributed by atoms with van der Waals surface area (Å²) in [6.45, 7) is 4.04. The number of rotatable bonds is 16. The first-order chi connectivity index (χ1) is 11.2. The number of nitrogens with two attached hydrogens (primary N) is 1. The fraction of sp³-hybridized carbons (Fsp3) is 1.00. The van der Waals surface area contributed by atoms with Crippen LogP contribution in [0, 0.1) is 0 Å². The van der Waals surface area contributed by atoms with Crippen molar-refractivity contribution in [2.75, 3.05) is 18.7 Å². The summed E-state index contributed by atoms with van der Waals surface area (Å²) in [7, 11) is -7.50. The van der Waals surface area contributed by atoms with E-state index in [0.29, 0.717) is 12.5 Å². The topological polar surface area (TPSA) is 110 Å². The van der Waals surface area contributed by atoms with Gasteiger partial charge in [-0.05, 0) is 26.2 Å². The summed E-state index contributed by atoms with van der Waals surface area (Å²) in [5, 5.41) is 0. The highest BCUT2D eigenvalue weighted by molar-refractivity contribution is 7.73. The summed E-state index contributed by atoms with van der Waals surface area (Å²) >= 11 is 0. The lowest BCUT2D eigenvalue weighted by atomic mass is 10.0. The Hall–Kier alpha value is 0.300. The first-order valence-corrected chi connectivity index (χ1v) is 13.0. The van der Waals surface area contributed by atoms with Gasteiger partial charge in [-0.2, -0.15) is 0 Å². The molecular weight excluding hydrogens is 348 g/mol. The summed E-state index contributed by atoms with van der Waals surface area (Å²) < 4.78 is 28.6. The maximum Gasteiger partial charge on any atom is 0.335 e. The fourth-order valence-corrected chi connectivity index (χ4v) is 7.16. The molecule has 0 saturated carbocycles. The van der Waals surface area contributed by atoms with E-state index in [-0.39, 0.29) is 12.8 Å². The van der Waals surface area contributed by atoms with Crippen LogP contribution in [0.4, 0.5) is 0 Å². The van der Waals surface area contributed by atoms with Crippen LogP contribution < -0.4 is 5.73 Å². The van der Waals surface area contributed by atoms with Gasteiger partial charge in [-0.15, -0.1) is 0 Å². The molecule has 6 nitrogen and oxygen atoms in total. The van der Waals surface area contributed by atoms with Crippen molar-refractivity contribution in [3.63, 3.8) is 0 Å². The van der Waals surface area contributed by atoms with Crippen molar-refractivity contribution in [1.82, 2.24) is 0 Å². The first kappa shape index (κ1) is 24.3. The Bertz CT molecular complexity index is 400. The lowest BCUT2D eigenvalue weighted by molar-refractivity contribution is 0.329. The molecule has 0 heterocycles. The quantitative estimate of drug-likeness (QED) is 0.263. The Morgan fingerprint density at radius 3 is 1.88 bits per heavy atom. The van der Waals surface area contributed by atoms with Crippen LogP contribution in [0.25, 0.3) is 0 Å². The van der Waals surface area contributed by atoms with Gasteiger partial charge in [0.25, 0.3) is 0 Å². The maximum atomic E-state index is 12.4. The van der Waals surface area contributed by atoms with Crippen molar-refractivity contribution < 1.29 is 23.4 Å². The average molecular weight is 385 g/mol. The van der Waals surface area contributed by atoms with Crippen molar-refractivity contribution in [3.8, 4) is 0 Å². The third-order valence-corrected chi connectivity index (χ3v) is 9.04. The van der Waals surface area contributed by atoms with Gasteiger partial charge in [-0.1, -0.05) is 51.9 Å². The Kier molecular flexibility index (Phi) is 13.7. The second kappa shape index (κ2) is 13.5.